The van der Waals surface area contributed by atoms with Crippen molar-refractivity contribution in [3.05, 3.63) is 11.1 Å². The Hall–Kier alpha value is -0.870. The molecule has 0 aromatic heterocycles. The Labute approximate surface area is 146 Å². The molecule has 0 aromatic carbocycles. The van der Waals surface area contributed by atoms with Gasteiger partial charge in [0.05, 0.1) is 5.92 Å². The number of ether oxygens (including phenoxy) is 1. The molecule has 3 fully saturated rings. The van der Waals surface area contributed by atoms with Crippen molar-refractivity contribution in [1.29, 1.82) is 0 Å². The van der Waals surface area contributed by atoms with Gasteiger partial charge in [-0.2, -0.15) is 0 Å². The third-order valence-electron chi connectivity index (χ3n) is 7.23. The molecule has 24 heavy (non-hydrogen) atoms. The van der Waals surface area contributed by atoms with Crippen molar-refractivity contribution in [3.8, 4) is 0 Å². The second-order valence-corrected chi connectivity index (χ2v) is 8.93. The number of nitrogens with zero attached hydrogens (tertiary/aromatic N) is 2. The average molecular weight is 332 g/mol. The minimum atomic E-state index is 0.0735. The Bertz CT molecular complexity index is 550. The molecule has 1 saturated carbocycles. The number of fused-ring (bicyclic) bond motifs is 2. The molecule has 0 N–H and O–H groups in total. The van der Waals surface area contributed by atoms with Gasteiger partial charge in [0.25, 0.3) is 0 Å². The number of likely N-dealkylation sites (N-methyl/N-ethyl adjacent to an activating group) is 1. The van der Waals surface area contributed by atoms with E-state index < -0.39 is 0 Å². The van der Waals surface area contributed by atoms with Crippen molar-refractivity contribution in [2.24, 2.45) is 17.3 Å². The third-order valence-corrected chi connectivity index (χ3v) is 7.23. The molecule has 134 valence electrons. The lowest BCUT2D eigenvalue weighted by molar-refractivity contribution is -0.145. The van der Waals surface area contributed by atoms with Crippen LogP contribution < -0.4 is 0 Å². The van der Waals surface area contributed by atoms with Crippen molar-refractivity contribution in [2.75, 3.05) is 39.8 Å². The summed E-state index contributed by atoms with van der Waals surface area (Å²) in [5.74, 6) is 0.572. The Morgan fingerprint density at radius 2 is 2.00 bits per heavy atom. The zero-order valence-electron chi connectivity index (χ0n) is 15.5. The highest BCUT2D eigenvalue weighted by Gasteiger charge is 2.53. The van der Waals surface area contributed by atoms with Crippen molar-refractivity contribution in [2.45, 2.75) is 52.1 Å². The molecule has 0 amide bonds. The fourth-order valence-corrected chi connectivity index (χ4v) is 5.63. The zero-order chi connectivity index (χ0) is 16.9. The number of allylic oxidation sites excluding steroid dienone is 2. The van der Waals surface area contributed by atoms with Crippen LogP contribution in [-0.4, -0.2) is 61.6 Å². The van der Waals surface area contributed by atoms with Gasteiger partial charge in [0, 0.05) is 38.6 Å². The van der Waals surface area contributed by atoms with E-state index in [-0.39, 0.29) is 23.4 Å². The molecular weight excluding hydrogens is 300 g/mol. The van der Waals surface area contributed by atoms with Crippen LogP contribution in [0.3, 0.4) is 0 Å². The molecule has 4 rings (SSSR count). The summed E-state index contributed by atoms with van der Waals surface area (Å²) in [6.45, 7) is 10.0. The fourth-order valence-electron chi connectivity index (χ4n) is 5.63. The SMILES string of the molecule is CC1=C2C[C@H]3[C@@H](C[C@@]2(C)CCC1)OC(=O)[C@@H]3CN1CCN(C)CC1. The Balaban J connectivity index is 1.50. The molecule has 4 atom stereocenters. The summed E-state index contributed by atoms with van der Waals surface area (Å²) < 4.78 is 5.89. The number of hydrogen-bond donors (Lipinski definition) is 0. The third kappa shape index (κ3) is 2.82. The number of rotatable bonds is 2. The van der Waals surface area contributed by atoms with Gasteiger partial charge in [-0.3, -0.25) is 9.69 Å². The Morgan fingerprint density at radius 3 is 2.75 bits per heavy atom. The van der Waals surface area contributed by atoms with Crippen LogP contribution in [0.2, 0.25) is 0 Å². The van der Waals surface area contributed by atoms with Crippen LogP contribution in [0.25, 0.3) is 0 Å². The minimum Gasteiger partial charge on any atom is -0.462 e. The normalized spacial score (nSPS) is 41.1. The van der Waals surface area contributed by atoms with Crippen molar-refractivity contribution in [3.63, 3.8) is 0 Å². The number of piperazine rings is 1. The van der Waals surface area contributed by atoms with E-state index in [2.05, 4.69) is 30.7 Å². The van der Waals surface area contributed by atoms with Gasteiger partial charge in [0.2, 0.25) is 0 Å². The molecule has 0 aromatic rings. The van der Waals surface area contributed by atoms with Crippen LogP contribution in [0, 0.1) is 17.3 Å². The smallest absolute Gasteiger partial charge is 0.310 e. The first-order chi connectivity index (χ1) is 11.5. The second-order valence-electron chi connectivity index (χ2n) is 8.93. The van der Waals surface area contributed by atoms with Crippen LogP contribution in [0.5, 0.6) is 0 Å². The van der Waals surface area contributed by atoms with E-state index in [1.54, 1.807) is 11.1 Å². The highest BCUT2D eigenvalue weighted by molar-refractivity contribution is 5.76. The van der Waals surface area contributed by atoms with E-state index in [9.17, 15) is 4.79 Å². The van der Waals surface area contributed by atoms with E-state index in [1.807, 2.05) is 0 Å². The summed E-state index contributed by atoms with van der Waals surface area (Å²) in [5.41, 5.74) is 3.54. The number of esters is 1. The van der Waals surface area contributed by atoms with E-state index in [1.165, 1.54) is 19.3 Å². The molecule has 0 bridgehead atoms. The maximum Gasteiger partial charge on any atom is 0.310 e. The topological polar surface area (TPSA) is 32.8 Å². The van der Waals surface area contributed by atoms with Crippen LogP contribution in [0.1, 0.15) is 46.0 Å². The van der Waals surface area contributed by atoms with Gasteiger partial charge in [-0.15, -0.1) is 0 Å². The number of carbonyl (C=O) groups is 1. The fraction of sp³-hybridized carbons (Fsp3) is 0.850. The maximum atomic E-state index is 12.6. The standard InChI is InChI=1S/C20H32N2O2/c1-14-5-4-6-20(2)12-18-15(11-17(14)20)16(19(23)24-18)13-22-9-7-21(3)8-10-22/h15-16,18H,4-13H2,1-3H3/t15-,16-,18-,20-/m1/s1. The monoisotopic (exact) mass is 332 g/mol. The molecule has 0 radical (unpaired) electrons. The van der Waals surface area contributed by atoms with Crippen molar-refractivity contribution < 1.29 is 9.53 Å². The lowest BCUT2D eigenvalue weighted by atomic mass is 9.59. The lowest BCUT2D eigenvalue weighted by Gasteiger charge is -2.46. The zero-order valence-corrected chi connectivity index (χ0v) is 15.5. The van der Waals surface area contributed by atoms with Gasteiger partial charge in [-0.25, -0.2) is 0 Å². The molecule has 2 aliphatic heterocycles. The van der Waals surface area contributed by atoms with Crippen LogP contribution in [0.15, 0.2) is 11.1 Å². The molecule has 2 saturated heterocycles. The van der Waals surface area contributed by atoms with Crippen molar-refractivity contribution in [1.82, 2.24) is 9.80 Å². The van der Waals surface area contributed by atoms with E-state index >= 15 is 0 Å². The minimum absolute atomic E-state index is 0.0735. The van der Waals surface area contributed by atoms with Gasteiger partial charge in [-0.05, 0) is 51.5 Å². The van der Waals surface area contributed by atoms with Gasteiger partial charge in [0.1, 0.15) is 6.10 Å². The predicted molar refractivity (Wildman–Crippen MR) is 94.7 cm³/mol. The molecule has 2 aliphatic carbocycles. The van der Waals surface area contributed by atoms with E-state index in [0.717, 1.165) is 45.6 Å². The molecule has 4 nitrogen and oxygen atoms in total. The first-order valence-corrected chi connectivity index (χ1v) is 9.77. The van der Waals surface area contributed by atoms with Crippen molar-refractivity contribution >= 4 is 5.97 Å². The van der Waals surface area contributed by atoms with Gasteiger partial charge >= 0.3 is 5.97 Å². The van der Waals surface area contributed by atoms with Crippen LogP contribution in [0.4, 0.5) is 0 Å². The number of hydrogen-bond acceptors (Lipinski definition) is 4. The van der Waals surface area contributed by atoms with E-state index in [4.69, 9.17) is 4.74 Å². The van der Waals surface area contributed by atoms with Crippen LogP contribution in [-0.2, 0) is 9.53 Å². The van der Waals surface area contributed by atoms with Gasteiger partial charge < -0.3 is 9.64 Å². The second kappa shape index (κ2) is 6.14. The lowest BCUT2D eigenvalue weighted by Crippen LogP contribution is -2.48. The van der Waals surface area contributed by atoms with Gasteiger partial charge in [0.15, 0.2) is 0 Å². The summed E-state index contributed by atoms with van der Waals surface area (Å²) >= 11 is 0. The first kappa shape index (κ1) is 16.6. The van der Waals surface area contributed by atoms with Crippen LogP contribution >= 0.6 is 0 Å². The highest BCUT2D eigenvalue weighted by Crippen LogP contribution is 2.55. The summed E-state index contributed by atoms with van der Waals surface area (Å²) in [4.78, 5) is 17.4. The summed E-state index contributed by atoms with van der Waals surface area (Å²) in [6, 6.07) is 0. The average Bonchev–Trinajstić information content (AvgIpc) is 2.82. The molecular formula is C20H32N2O2. The largest absolute Gasteiger partial charge is 0.462 e. The molecule has 4 heteroatoms. The van der Waals surface area contributed by atoms with Gasteiger partial charge in [-0.1, -0.05) is 18.1 Å². The summed E-state index contributed by atoms with van der Waals surface area (Å²) in [5, 5.41) is 0. The summed E-state index contributed by atoms with van der Waals surface area (Å²) in [7, 11) is 2.18. The van der Waals surface area contributed by atoms with E-state index in [0.29, 0.717) is 5.92 Å². The molecule has 4 aliphatic rings. The highest BCUT2D eigenvalue weighted by atomic mass is 16.6. The number of carbonyl (C=O) groups excluding carboxylic acids is 1. The maximum absolute atomic E-state index is 12.6. The predicted octanol–water partition coefficient (Wildman–Crippen LogP) is 2.69. The quantitative estimate of drug-likeness (QED) is 0.575. The molecule has 0 unspecified atom stereocenters. The molecule has 0 spiro atoms. The Kier molecular flexibility index (Phi) is 4.24. The molecule has 2 heterocycles. The summed E-state index contributed by atoms with van der Waals surface area (Å²) in [6.07, 6.45) is 6.12. The first-order valence-electron chi connectivity index (χ1n) is 9.77. The Morgan fingerprint density at radius 1 is 1.25 bits per heavy atom.